The molecular weight excluding hydrogens is 404 g/mol. The summed E-state index contributed by atoms with van der Waals surface area (Å²) in [6.45, 7) is 0.477. The number of thioether (sulfide) groups is 1. The quantitative estimate of drug-likeness (QED) is 0.569. The Morgan fingerprint density at radius 3 is 2.52 bits per heavy atom. The maximum Gasteiger partial charge on any atom is 0.286 e. The van der Waals surface area contributed by atoms with E-state index < -0.39 is 0 Å². The molecule has 3 aromatic rings. The number of carbonyl (C=O) groups excluding carboxylic acids is 2. The van der Waals surface area contributed by atoms with Gasteiger partial charge in [-0.25, -0.2) is 0 Å². The Labute approximate surface area is 169 Å². The molecule has 0 aliphatic heterocycles. The van der Waals surface area contributed by atoms with Crippen LogP contribution in [0.4, 0.5) is 5.69 Å². The number of rotatable bonds is 7. The lowest BCUT2D eigenvalue weighted by Gasteiger charge is -2.03. The van der Waals surface area contributed by atoms with Crippen LogP contribution in [0.2, 0.25) is 5.02 Å². The zero-order valence-electron chi connectivity index (χ0n) is 14.0. The Kier molecular flexibility index (Phi) is 6.80. The van der Waals surface area contributed by atoms with Crippen molar-refractivity contribution < 1.29 is 9.59 Å². The molecule has 0 aliphatic carbocycles. The maximum atomic E-state index is 12.2. The summed E-state index contributed by atoms with van der Waals surface area (Å²) in [4.78, 5) is 24.1. The van der Waals surface area contributed by atoms with Crippen molar-refractivity contribution in [3.05, 3.63) is 70.2 Å². The first-order valence-electron chi connectivity index (χ1n) is 7.94. The molecule has 9 heteroatoms. The van der Waals surface area contributed by atoms with E-state index >= 15 is 0 Å². The van der Waals surface area contributed by atoms with Crippen LogP contribution in [0.25, 0.3) is 0 Å². The van der Waals surface area contributed by atoms with E-state index in [0.29, 0.717) is 21.6 Å². The fourth-order valence-electron chi connectivity index (χ4n) is 2.05. The summed E-state index contributed by atoms with van der Waals surface area (Å²) in [5, 5.41) is 14.2. The van der Waals surface area contributed by atoms with E-state index in [-0.39, 0.29) is 22.6 Å². The maximum absolute atomic E-state index is 12.2. The summed E-state index contributed by atoms with van der Waals surface area (Å²) < 4.78 is 0.561. The summed E-state index contributed by atoms with van der Waals surface area (Å²) in [6, 6.07) is 16.5. The van der Waals surface area contributed by atoms with Gasteiger partial charge in [0.05, 0.1) is 5.75 Å². The van der Waals surface area contributed by atoms with Gasteiger partial charge in [-0.3, -0.25) is 9.59 Å². The number of aromatic nitrogens is 2. The highest BCUT2D eigenvalue weighted by molar-refractivity contribution is 8.01. The molecule has 0 fully saturated rings. The van der Waals surface area contributed by atoms with Crippen molar-refractivity contribution in [1.29, 1.82) is 0 Å². The highest BCUT2D eigenvalue weighted by Gasteiger charge is 2.14. The summed E-state index contributed by atoms with van der Waals surface area (Å²) in [5.74, 6) is -0.248. The number of benzene rings is 2. The smallest absolute Gasteiger partial charge is 0.286 e. The normalized spacial score (nSPS) is 10.4. The topological polar surface area (TPSA) is 84.0 Å². The molecule has 3 rings (SSSR count). The first-order valence-corrected chi connectivity index (χ1v) is 10.1. The molecule has 2 N–H and O–H groups in total. The lowest BCUT2D eigenvalue weighted by atomic mass is 10.2. The third-order valence-corrected chi connectivity index (χ3v) is 5.67. The third-order valence-electron chi connectivity index (χ3n) is 3.36. The van der Waals surface area contributed by atoms with E-state index in [0.717, 1.165) is 16.9 Å². The molecule has 27 heavy (non-hydrogen) atoms. The van der Waals surface area contributed by atoms with Crippen molar-refractivity contribution in [3.63, 3.8) is 0 Å². The fourth-order valence-corrected chi connectivity index (χ4v) is 3.76. The number of anilines is 1. The van der Waals surface area contributed by atoms with E-state index in [1.54, 1.807) is 24.3 Å². The average Bonchev–Trinajstić information content (AvgIpc) is 3.16. The van der Waals surface area contributed by atoms with Crippen molar-refractivity contribution >= 4 is 52.2 Å². The second-order valence-corrected chi connectivity index (χ2v) is 8.02. The van der Waals surface area contributed by atoms with Crippen LogP contribution in [0.15, 0.2) is 58.9 Å². The zero-order chi connectivity index (χ0) is 19.1. The van der Waals surface area contributed by atoms with Crippen LogP contribution in [0.1, 0.15) is 15.4 Å². The Bertz CT molecular complexity index is 917. The molecule has 2 amide bonds. The van der Waals surface area contributed by atoms with Gasteiger partial charge in [0.15, 0.2) is 4.34 Å². The van der Waals surface area contributed by atoms with Crippen LogP contribution in [0.3, 0.4) is 0 Å². The fraction of sp³-hybridized carbons (Fsp3) is 0.111. The van der Waals surface area contributed by atoms with Crippen molar-refractivity contribution in [2.45, 2.75) is 10.9 Å². The largest absolute Gasteiger partial charge is 0.351 e. The Balaban J connectivity index is 1.46. The minimum absolute atomic E-state index is 0.105. The summed E-state index contributed by atoms with van der Waals surface area (Å²) in [6.07, 6.45) is 0. The minimum atomic E-state index is -0.352. The van der Waals surface area contributed by atoms with E-state index in [9.17, 15) is 9.59 Å². The number of carbonyl (C=O) groups is 2. The van der Waals surface area contributed by atoms with Gasteiger partial charge in [-0.2, -0.15) is 0 Å². The molecule has 0 saturated carbocycles. The number of halogens is 1. The Morgan fingerprint density at radius 1 is 1.04 bits per heavy atom. The molecule has 1 heterocycles. The number of nitrogens with one attached hydrogen (secondary N) is 2. The first-order chi connectivity index (χ1) is 13.1. The number of hydrogen-bond donors (Lipinski definition) is 2. The third kappa shape index (κ3) is 6.06. The van der Waals surface area contributed by atoms with E-state index in [1.807, 2.05) is 30.3 Å². The average molecular weight is 419 g/mol. The van der Waals surface area contributed by atoms with Gasteiger partial charge in [-0.1, -0.05) is 65.0 Å². The van der Waals surface area contributed by atoms with Gasteiger partial charge in [0, 0.05) is 17.3 Å². The molecule has 0 spiro atoms. The van der Waals surface area contributed by atoms with Crippen molar-refractivity contribution in [2.75, 3.05) is 11.1 Å². The molecule has 0 unspecified atom stereocenters. The number of amides is 2. The molecule has 0 atom stereocenters. The zero-order valence-corrected chi connectivity index (χ0v) is 16.4. The predicted molar refractivity (Wildman–Crippen MR) is 108 cm³/mol. The molecule has 0 radical (unpaired) electrons. The van der Waals surface area contributed by atoms with E-state index in [4.69, 9.17) is 11.6 Å². The van der Waals surface area contributed by atoms with Crippen molar-refractivity contribution in [1.82, 2.24) is 15.5 Å². The van der Waals surface area contributed by atoms with Gasteiger partial charge in [0.1, 0.15) is 0 Å². The SMILES string of the molecule is O=C(CSc1nnc(C(=O)Nc2ccc(Cl)cc2)s1)NCc1ccccc1. The van der Waals surface area contributed by atoms with E-state index in [1.165, 1.54) is 11.8 Å². The van der Waals surface area contributed by atoms with Gasteiger partial charge in [-0.15, -0.1) is 10.2 Å². The molecule has 0 saturated heterocycles. The second-order valence-electron chi connectivity index (χ2n) is 5.39. The monoisotopic (exact) mass is 418 g/mol. The molecular formula is C18H15ClN4O2S2. The van der Waals surface area contributed by atoms with Crippen LogP contribution in [-0.2, 0) is 11.3 Å². The molecule has 138 valence electrons. The predicted octanol–water partition coefficient (Wildman–Crippen LogP) is 3.85. The minimum Gasteiger partial charge on any atom is -0.351 e. The van der Waals surface area contributed by atoms with Crippen molar-refractivity contribution in [3.8, 4) is 0 Å². The number of hydrogen-bond acceptors (Lipinski definition) is 6. The Morgan fingerprint density at radius 2 is 1.78 bits per heavy atom. The molecule has 0 aliphatic rings. The van der Waals surface area contributed by atoms with Gasteiger partial charge in [-0.05, 0) is 29.8 Å². The summed E-state index contributed by atoms with van der Waals surface area (Å²) >= 11 is 8.21. The van der Waals surface area contributed by atoms with E-state index in [2.05, 4.69) is 20.8 Å². The molecule has 1 aromatic heterocycles. The summed E-state index contributed by atoms with van der Waals surface area (Å²) in [7, 11) is 0. The first kappa shape index (κ1) is 19.3. The van der Waals surface area contributed by atoms with Gasteiger partial charge < -0.3 is 10.6 Å². The van der Waals surface area contributed by atoms with Crippen LogP contribution in [0, 0.1) is 0 Å². The molecule has 6 nitrogen and oxygen atoms in total. The van der Waals surface area contributed by atoms with Crippen molar-refractivity contribution in [2.24, 2.45) is 0 Å². The molecule has 2 aromatic carbocycles. The lowest BCUT2D eigenvalue weighted by Crippen LogP contribution is -2.24. The van der Waals surface area contributed by atoms with Gasteiger partial charge in [0.2, 0.25) is 10.9 Å². The van der Waals surface area contributed by atoms with Crippen LogP contribution < -0.4 is 10.6 Å². The van der Waals surface area contributed by atoms with Crippen LogP contribution in [-0.4, -0.2) is 27.8 Å². The summed E-state index contributed by atoms with van der Waals surface area (Å²) in [5.41, 5.74) is 1.65. The number of nitrogens with zero attached hydrogens (tertiary/aromatic N) is 2. The second kappa shape index (κ2) is 9.50. The van der Waals surface area contributed by atoms with Crippen LogP contribution in [0.5, 0.6) is 0 Å². The van der Waals surface area contributed by atoms with Gasteiger partial charge >= 0.3 is 0 Å². The highest BCUT2D eigenvalue weighted by atomic mass is 35.5. The molecule has 0 bridgehead atoms. The standard InChI is InChI=1S/C18H15ClN4O2S2/c19-13-6-8-14(9-7-13)21-16(25)17-22-23-18(27-17)26-11-15(24)20-10-12-4-2-1-3-5-12/h1-9H,10-11H2,(H,20,24)(H,21,25). The highest BCUT2D eigenvalue weighted by Crippen LogP contribution is 2.23. The lowest BCUT2D eigenvalue weighted by molar-refractivity contribution is -0.118. The van der Waals surface area contributed by atoms with Crippen LogP contribution >= 0.6 is 34.7 Å². The Hall–Kier alpha value is -2.42. The van der Waals surface area contributed by atoms with Gasteiger partial charge in [0.25, 0.3) is 5.91 Å².